The SMILES string of the molecule is CCCCCCN1C(=O)/C(=C\c2cn(-c3ccccc3)nc2-c2ccc(OCCC)cc2)SC1=S. The van der Waals surface area contributed by atoms with E-state index < -0.39 is 0 Å². The molecule has 0 bridgehead atoms. The van der Waals surface area contributed by atoms with E-state index in [9.17, 15) is 4.79 Å². The fourth-order valence-corrected chi connectivity index (χ4v) is 5.19. The Balaban J connectivity index is 1.64. The molecular weight excluding hydrogens is 474 g/mol. The number of ether oxygens (including phenoxy) is 1. The van der Waals surface area contributed by atoms with Gasteiger partial charge in [0.25, 0.3) is 5.91 Å². The molecule has 4 rings (SSSR count). The Morgan fingerprint density at radius 2 is 1.77 bits per heavy atom. The molecular formula is C28H31N3O2S2. The Kier molecular flexibility index (Phi) is 8.77. The van der Waals surface area contributed by atoms with E-state index in [1.807, 2.05) is 71.6 Å². The molecule has 0 unspecified atom stereocenters. The van der Waals surface area contributed by atoms with Gasteiger partial charge in [0.1, 0.15) is 10.1 Å². The second kappa shape index (κ2) is 12.2. The molecule has 5 nitrogen and oxygen atoms in total. The maximum absolute atomic E-state index is 13.2. The number of rotatable bonds is 11. The lowest BCUT2D eigenvalue weighted by atomic mass is 10.1. The Bertz CT molecular complexity index is 1190. The number of benzene rings is 2. The van der Waals surface area contributed by atoms with Crippen molar-refractivity contribution < 1.29 is 9.53 Å². The number of amides is 1. The van der Waals surface area contributed by atoms with Crippen LogP contribution in [-0.2, 0) is 4.79 Å². The number of hydrogen-bond donors (Lipinski definition) is 0. The number of carbonyl (C=O) groups excluding carboxylic acids is 1. The van der Waals surface area contributed by atoms with Crippen LogP contribution in [0.15, 0.2) is 65.7 Å². The lowest BCUT2D eigenvalue weighted by Gasteiger charge is -2.13. The first-order chi connectivity index (χ1) is 17.1. The first kappa shape index (κ1) is 25.2. The van der Waals surface area contributed by atoms with Crippen molar-refractivity contribution in [3.8, 4) is 22.7 Å². The van der Waals surface area contributed by atoms with Crippen LogP contribution in [0.4, 0.5) is 0 Å². The van der Waals surface area contributed by atoms with Crippen molar-refractivity contribution in [2.75, 3.05) is 13.2 Å². The minimum atomic E-state index is -0.0155. The molecule has 0 spiro atoms. The summed E-state index contributed by atoms with van der Waals surface area (Å²) in [5.74, 6) is 0.821. The lowest BCUT2D eigenvalue weighted by molar-refractivity contribution is -0.122. The van der Waals surface area contributed by atoms with Crippen molar-refractivity contribution in [2.24, 2.45) is 0 Å². The summed E-state index contributed by atoms with van der Waals surface area (Å²) in [6, 6.07) is 17.9. The third kappa shape index (κ3) is 6.21. The van der Waals surface area contributed by atoms with Crippen LogP contribution >= 0.6 is 24.0 Å². The van der Waals surface area contributed by atoms with Crippen LogP contribution in [0.25, 0.3) is 23.0 Å². The summed E-state index contributed by atoms with van der Waals surface area (Å²) in [7, 11) is 0. The van der Waals surface area contributed by atoms with Crippen molar-refractivity contribution in [3.05, 3.63) is 71.3 Å². The van der Waals surface area contributed by atoms with Crippen LogP contribution in [0.1, 0.15) is 51.5 Å². The molecule has 1 amide bonds. The molecule has 0 N–H and O–H groups in total. The van der Waals surface area contributed by atoms with Crippen LogP contribution in [0.3, 0.4) is 0 Å². The monoisotopic (exact) mass is 505 g/mol. The number of carbonyl (C=O) groups is 1. The number of thioether (sulfide) groups is 1. The molecule has 3 aromatic rings. The summed E-state index contributed by atoms with van der Waals surface area (Å²) in [4.78, 5) is 15.5. The number of hydrogen-bond acceptors (Lipinski definition) is 5. The van der Waals surface area contributed by atoms with E-state index in [2.05, 4.69) is 13.8 Å². The summed E-state index contributed by atoms with van der Waals surface area (Å²) in [6.45, 7) is 5.64. The van der Waals surface area contributed by atoms with Gasteiger partial charge in [0, 0.05) is 23.9 Å². The number of para-hydroxylation sites is 1. The molecule has 0 atom stereocenters. The van der Waals surface area contributed by atoms with Gasteiger partial charge in [-0.3, -0.25) is 9.69 Å². The highest BCUT2D eigenvalue weighted by atomic mass is 32.2. The lowest BCUT2D eigenvalue weighted by Crippen LogP contribution is -2.29. The maximum atomic E-state index is 13.2. The Hall–Kier alpha value is -2.90. The highest BCUT2D eigenvalue weighted by Gasteiger charge is 2.32. The Morgan fingerprint density at radius 1 is 1.00 bits per heavy atom. The van der Waals surface area contributed by atoms with E-state index in [0.29, 0.717) is 22.4 Å². The fourth-order valence-electron chi connectivity index (χ4n) is 3.89. The summed E-state index contributed by atoms with van der Waals surface area (Å²) < 4.78 is 8.23. The van der Waals surface area contributed by atoms with Crippen molar-refractivity contribution in [1.29, 1.82) is 0 Å². The van der Waals surface area contributed by atoms with Gasteiger partial charge in [-0.15, -0.1) is 0 Å². The van der Waals surface area contributed by atoms with Gasteiger partial charge in [0.2, 0.25) is 0 Å². The van der Waals surface area contributed by atoms with Gasteiger partial charge in [-0.05, 0) is 55.3 Å². The van der Waals surface area contributed by atoms with Gasteiger partial charge in [-0.2, -0.15) is 5.10 Å². The molecule has 0 aliphatic carbocycles. The molecule has 1 aliphatic heterocycles. The van der Waals surface area contributed by atoms with E-state index in [1.54, 1.807) is 4.90 Å². The van der Waals surface area contributed by atoms with E-state index in [-0.39, 0.29) is 5.91 Å². The van der Waals surface area contributed by atoms with Gasteiger partial charge in [-0.1, -0.05) is 75.3 Å². The second-order valence-corrected chi connectivity index (χ2v) is 10.2. The molecule has 35 heavy (non-hydrogen) atoms. The van der Waals surface area contributed by atoms with Gasteiger partial charge in [-0.25, -0.2) is 4.68 Å². The third-order valence-corrected chi connectivity index (χ3v) is 7.14. The van der Waals surface area contributed by atoms with E-state index in [1.165, 1.54) is 18.2 Å². The molecule has 1 fully saturated rings. The molecule has 2 aromatic carbocycles. The fraction of sp³-hybridized carbons (Fsp3) is 0.321. The zero-order valence-electron chi connectivity index (χ0n) is 20.3. The standard InChI is InChI=1S/C28H31N3O2S2/c1-3-5-6-10-17-30-27(32)25(35-28(30)34)19-22-20-31(23-11-8-7-9-12-23)29-26(22)21-13-15-24(16-14-21)33-18-4-2/h7-9,11-16,19-20H,3-6,10,17-18H2,1-2H3/b25-19+. The molecule has 1 aliphatic rings. The van der Waals surface area contributed by atoms with Crippen molar-refractivity contribution in [3.63, 3.8) is 0 Å². The van der Waals surface area contributed by atoms with Crippen molar-refractivity contribution >= 4 is 40.3 Å². The summed E-state index contributed by atoms with van der Waals surface area (Å²) in [5, 5.41) is 4.88. The summed E-state index contributed by atoms with van der Waals surface area (Å²) >= 11 is 6.91. The average Bonchev–Trinajstić information content (AvgIpc) is 3.42. The molecule has 7 heteroatoms. The predicted molar refractivity (Wildman–Crippen MR) is 149 cm³/mol. The zero-order valence-corrected chi connectivity index (χ0v) is 21.9. The second-order valence-electron chi connectivity index (χ2n) is 8.48. The number of unbranched alkanes of at least 4 members (excludes halogenated alkanes) is 3. The molecule has 1 saturated heterocycles. The van der Waals surface area contributed by atoms with Crippen LogP contribution in [0.5, 0.6) is 5.75 Å². The quantitative estimate of drug-likeness (QED) is 0.158. The maximum Gasteiger partial charge on any atom is 0.266 e. The first-order valence-corrected chi connectivity index (χ1v) is 13.5. The van der Waals surface area contributed by atoms with Crippen LogP contribution in [0, 0.1) is 0 Å². The number of nitrogens with zero attached hydrogens (tertiary/aromatic N) is 3. The van der Waals surface area contributed by atoms with Crippen LogP contribution in [-0.4, -0.2) is 38.1 Å². The van der Waals surface area contributed by atoms with Gasteiger partial charge < -0.3 is 4.74 Å². The van der Waals surface area contributed by atoms with Crippen LogP contribution in [0.2, 0.25) is 0 Å². The third-order valence-electron chi connectivity index (χ3n) is 5.76. The average molecular weight is 506 g/mol. The molecule has 2 heterocycles. The van der Waals surface area contributed by atoms with Gasteiger partial charge in [0.15, 0.2) is 0 Å². The van der Waals surface area contributed by atoms with Gasteiger partial charge in [0.05, 0.1) is 22.9 Å². The largest absolute Gasteiger partial charge is 0.494 e. The molecule has 0 saturated carbocycles. The highest BCUT2D eigenvalue weighted by Crippen LogP contribution is 2.35. The predicted octanol–water partition coefficient (Wildman–Crippen LogP) is 7.11. The Morgan fingerprint density at radius 3 is 2.49 bits per heavy atom. The minimum Gasteiger partial charge on any atom is -0.494 e. The highest BCUT2D eigenvalue weighted by molar-refractivity contribution is 8.26. The van der Waals surface area contributed by atoms with Crippen LogP contribution < -0.4 is 4.74 Å². The first-order valence-electron chi connectivity index (χ1n) is 12.2. The van der Waals surface area contributed by atoms with Crippen molar-refractivity contribution in [1.82, 2.24) is 14.7 Å². The normalized spacial score (nSPS) is 14.8. The molecule has 182 valence electrons. The summed E-state index contributed by atoms with van der Waals surface area (Å²) in [6.07, 6.45) is 9.28. The molecule has 1 aromatic heterocycles. The number of thiocarbonyl (C=S) groups is 1. The van der Waals surface area contributed by atoms with Gasteiger partial charge >= 0.3 is 0 Å². The summed E-state index contributed by atoms with van der Waals surface area (Å²) in [5.41, 5.74) is 3.61. The zero-order chi connectivity index (χ0) is 24.6. The van der Waals surface area contributed by atoms with E-state index >= 15 is 0 Å². The minimum absolute atomic E-state index is 0.0155. The number of aromatic nitrogens is 2. The smallest absolute Gasteiger partial charge is 0.266 e. The molecule has 0 radical (unpaired) electrons. The van der Waals surface area contributed by atoms with Crippen molar-refractivity contribution in [2.45, 2.75) is 46.0 Å². The Labute approximate surface area is 217 Å². The van der Waals surface area contributed by atoms with E-state index in [4.69, 9.17) is 22.1 Å². The topological polar surface area (TPSA) is 47.4 Å². The van der Waals surface area contributed by atoms with E-state index in [0.717, 1.165) is 53.9 Å².